The minimum Gasteiger partial charge on any atom is -0.480 e. The Kier molecular flexibility index (Phi) is 9.48. The second kappa shape index (κ2) is 11.4. The second-order valence-electron chi connectivity index (χ2n) is 5.89. The van der Waals surface area contributed by atoms with E-state index < -0.39 is 23.8 Å². The van der Waals surface area contributed by atoms with Gasteiger partial charge in [0.15, 0.2) is 0 Å². The first-order valence-electron chi connectivity index (χ1n) is 8.44. The molecular formula is C15H27N5O5. The van der Waals surface area contributed by atoms with Crippen LogP contribution in [0.25, 0.3) is 0 Å². The van der Waals surface area contributed by atoms with Crippen LogP contribution in [-0.2, 0) is 19.2 Å². The topological polar surface area (TPSA) is 163 Å². The monoisotopic (exact) mass is 357 g/mol. The van der Waals surface area contributed by atoms with Crippen LogP contribution in [0.4, 0.5) is 0 Å². The number of hydrogen-bond donors (Lipinski definition) is 6. The van der Waals surface area contributed by atoms with Gasteiger partial charge in [0.25, 0.3) is 0 Å². The Bertz CT molecular complexity index is 479. The van der Waals surface area contributed by atoms with Crippen LogP contribution >= 0.6 is 0 Å². The van der Waals surface area contributed by atoms with Gasteiger partial charge in [0.1, 0.15) is 6.04 Å². The van der Waals surface area contributed by atoms with Gasteiger partial charge >= 0.3 is 5.97 Å². The zero-order chi connectivity index (χ0) is 18.7. The van der Waals surface area contributed by atoms with Gasteiger partial charge in [0.05, 0.1) is 19.1 Å². The maximum atomic E-state index is 11.7. The van der Waals surface area contributed by atoms with Gasteiger partial charge < -0.3 is 32.1 Å². The summed E-state index contributed by atoms with van der Waals surface area (Å²) in [6.45, 7) is 0.652. The predicted octanol–water partition coefficient (Wildman–Crippen LogP) is -2.33. The number of rotatable bonds is 11. The van der Waals surface area contributed by atoms with E-state index in [4.69, 9.17) is 10.8 Å². The normalized spacial score (nSPS) is 17.6. The number of amides is 3. The molecule has 25 heavy (non-hydrogen) atoms. The summed E-state index contributed by atoms with van der Waals surface area (Å²) >= 11 is 0. The van der Waals surface area contributed by atoms with Gasteiger partial charge in [-0.2, -0.15) is 0 Å². The van der Waals surface area contributed by atoms with E-state index in [-0.39, 0.29) is 31.5 Å². The molecule has 0 spiro atoms. The summed E-state index contributed by atoms with van der Waals surface area (Å²) in [5.41, 5.74) is 5.35. The number of carbonyl (C=O) groups excluding carboxylic acids is 3. The van der Waals surface area contributed by atoms with Crippen molar-refractivity contribution in [3.63, 3.8) is 0 Å². The van der Waals surface area contributed by atoms with E-state index in [0.717, 1.165) is 19.4 Å². The number of carboxylic acid groups (broad SMARTS) is 1. The van der Waals surface area contributed by atoms with Crippen molar-refractivity contribution in [2.75, 3.05) is 26.2 Å². The summed E-state index contributed by atoms with van der Waals surface area (Å²) in [7, 11) is 0. The average molecular weight is 357 g/mol. The molecule has 2 unspecified atom stereocenters. The van der Waals surface area contributed by atoms with E-state index in [1.165, 1.54) is 0 Å². The third kappa shape index (κ3) is 8.45. The molecule has 1 aliphatic rings. The Labute approximate surface area is 146 Å². The van der Waals surface area contributed by atoms with Gasteiger partial charge in [-0.15, -0.1) is 0 Å². The summed E-state index contributed by atoms with van der Waals surface area (Å²) in [4.78, 5) is 46.2. The maximum Gasteiger partial charge on any atom is 0.326 e. The molecule has 0 bridgehead atoms. The summed E-state index contributed by atoms with van der Waals surface area (Å²) in [6.07, 6.45) is 3.18. The van der Waals surface area contributed by atoms with E-state index in [9.17, 15) is 19.2 Å². The van der Waals surface area contributed by atoms with Crippen molar-refractivity contribution >= 4 is 23.7 Å². The lowest BCUT2D eigenvalue weighted by atomic mass is 10.1. The van der Waals surface area contributed by atoms with Crippen molar-refractivity contribution in [2.24, 2.45) is 5.73 Å². The van der Waals surface area contributed by atoms with Crippen molar-refractivity contribution in [1.29, 1.82) is 0 Å². The summed E-state index contributed by atoms with van der Waals surface area (Å²) in [6, 6.07) is -1.29. The van der Waals surface area contributed by atoms with E-state index in [1.54, 1.807) is 0 Å². The van der Waals surface area contributed by atoms with Crippen LogP contribution in [0.5, 0.6) is 0 Å². The molecular weight excluding hydrogens is 330 g/mol. The van der Waals surface area contributed by atoms with Gasteiger partial charge in [0, 0.05) is 0 Å². The van der Waals surface area contributed by atoms with Crippen LogP contribution < -0.4 is 27.0 Å². The number of nitrogens with one attached hydrogen (secondary N) is 4. The van der Waals surface area contributed by atoms with Crippen LogP contribution in [-0.4, -0.2) is 67.1 Å². The lowest BCUT2D eigenvalue weighted by Crippen LogP contribution is -2.48. The SMILES string of the molecule is NCCCCC(NC(=O)CNC(=O)CNC(=O)C1CCCN1)C(=O)O. The van der Waals surface area contributed by atoms with Crippen LogP contribution in [0, 0.1) is 0 Å². The number of nitrogens with two attached hydrogens (primary N) is 1. The quantitative estimate of drug-likeness (QED) is 0.226. The fraction of sp³-hybridized carbons (Fsp3) is 0.733. The van der Waals surface area contributed by atoms with E-state index in [1.807, 2.05) is 0 Å². The predicted molar refractivity (Wildman–Crippen MR) is 89.5 cm³/mol. The minimum atomic E-state index is -1.13. The summed E-state index contributed by atoms with van der Waals surface area (Å²) < 4.78 is 0. The second-order valence-corrected chi connectivity index (χ2v) is 5.89. The van der Waals surface area contributed by atoms with Crippen LogP contribution in [0.2, 0.25) is 0 Å². The Morgan fingerprint density at radius 1 is 1.12 bits per heavy atom. The molecule has 3 amide bonds. The number of aliphatic carboxylic acids is 1. The number of unbranched alkanes of at least 4 members (excludes halogenated alkanes) is 1. The zero-order valence-corrected chi connectivity index (χ0v) is 14.2. The molecule has 142 valence electrons. The molecule has 1 aliphatic heterocycles. The minimum absolute atomic E-state index is 0.233. The molecule has 0 radical (unpaired) electrons. The van der Waals surface area contributed by atoms with Crippen LogP contribution in [0.3, 0.4) is 0 Å². The largest absolute Gasteiger partial charge is 0.480 e. The maximum absolute atomic E-state index is 11.7. The Morgan fingerprint density at radius 2 is 1.84 bits per heavy atom. The lowest BCUT2D eigenvalue weighted by Gasteiger charge is -2.15. The van der Waals surface area contributed by atoms with Crippen molar-refractivity contribution in [2.45, 2.75) is 44.2 Å². The number of carbonyl (C=O) groups is 4. The molecule has 2 atom stereocenters. The average Bonchev–Trinajstić information content (AvgIpc) is 3.11. The molecule has 10 heteroatoms. The molecule has 1 fully saturated rings. The smallest absolute Gasteiger partial charge is 0.326 e. The molecule has 0 saturated carbocycles. The van der Waals surface area contributed by atoms with Crippen molar-refractivity contribution in [3.8, 4) is 0 Å². The number of carboxylic acids is 1. The van der Waals surface area contributed by atoms with Crippen molar-refractivity contribution in [1.82, 2.24) is 21.3 Å². The molecule has 0 aromatic rings. The zero-order valence-electron chi connectivity index (χ0n) is 14.2. The third-order valence-corrected chi connectivity index (χ3v) is 3.83. The highest BCUT2D eigenvalue weighted by Crippen LogP contribution is 2.04. The van der Waals surface area contributed by atoms with E-state index >= 15 is 0 Å². The van der Waals surface area contributed by atoms with Crippen molar-refractivity contribution < 1.29 is 24.3 Å². The summed E-state index contributed by atoms with van der Waals surface area (Å²) in [5, 5.41) is 19.3. The Hall–Kier alpha value is -2.20. The van der Waals surface area contributed by atoms with E-state index in [0.29, 0.717) is 19.4 Å². The molecule has 7 N–H and O–H groups in total. The standard InChI is InChI=1S/C15H27N5O5/c16-6-2-1-4-11(15(24)25)20-13(22)9-18-12(21)8-19-14(23)10-5-3-7-17-10/h10-11,17H,1-9,16H2,(H,18,21)(H,19,23)(H,20,22)(H,24,25). The van der Waals surface area contributed by atoms with Crippen molar-refractivity contribution in [3.05, 3.63) is 0 Å². The highest BCUT2D eigenvalue weighted by molar-refractivity contribution is 5.90. The van der Waals surface area contributed by atoms with Gasteiger partial charge in [-0.3, -0.25) is 14.4 Å². The Balaban J connectivity index is 2.23. The fourth-order valence-electron chi connectivity index (χ4n) is 2.44. The Morgan fingerprint density at radius 3 is 2.44 bits per heavy atom. The molecule has 0 aromatic carbocycles. The molecule has 10 nitrogen and oxygen atoms in total. The first-order valence-corrected chi connectivity index (χ1v) is 8.44. The first-order chi connectivity index (χ1) is 11.9. The molecule has 1 saturated heterocycles. The fourth-order valence-corrected chi connectivity index (χ4v) is 2.44. The summed E-state index contributed by atoms with van der Waals surface area (Å²) in [5.74, 6) is -2.50. The first kappa shape index (κ1) is 20.8. The number of hydrogen-bond acceptors (Lipinski definition) is 6. The van der Waals surface area contributed by atoms with Gasteiger partial charge in [0.2, 0.25) is 17.7 Å². The lowest BCUT2D eigenvalue weighted by molar-refractivity contribution is -0.142. The molecule has 0 aliphatic carbocycles. The molecule has 1 heterocycles. The van der Waals surface area contributed by atoms with Gasteiger partial charge in [-0.05, 0) is 45.2 Å². The molecule has 1 rings (SSSR count). The molecule has 0 aromatic heterocycles. The van der Waals surface area contributed by atoms with Gasteiger partial charge in [-0.1, -0.05) is 0 Å². The highest BCUT2D eigenvalue weighted by atomic mass is 16.4. The van der Waals surface area contributed by atoms with Crippen LogP contribution in [0.1, 0.15) is 32.1 Å². The third-order valence-electron chi connectivity index (χ3n) is 3.83. The van der Waals surface area contributed by atoms with E-state index in [2.05, 4.69) is 21.3 Å². The highest BCUT2D eigenvalue weighted by Gasteiger charge is 2.22. The van der Waals surface area contributed by atoms with Gasteiger partial charge in [-0.25, -0.2) is 4.79 Å². The van der Waals surface area contributed by atoms with Crippen LogP contribution in [0.15, 0.2) is 0 Å².